The van der Waals surface area contributed by atoms with Crippen molar-refractivity contribution in [3.05, 3.63) is 40.2 Å². The first-order valence-corrected chi connectivity index (χ1v) is 9.94. The second-order valence-corrected chi connectivity index (χ2v) is 7.70. The molecule has 0 aliphatic carbocycles. The van der Waals surface area contributed by atoms with Crippen LogP contribution >= 0.6 is 11.6 Å². The van der Waals surface area contributed by atoms with Gasteiger partial charge in [0.25, 0.3) is 0 Å². The quantitative estimate of drug-likeness (QED) is 0.641. The fourth-order valence-electron chi connectivity index (χ4n) is 3.01. The summed E-state index contributed by atoms with van der Waals surface area (Å²) < 4.78 is 7.74. The largest absolute Gasteiger partial charge is 0.491 e. The first kappa shape index (κ1) is 21.3. The molecular formula is C21H30ClN3O2. The van der Waals surface area contributed by atoms with Gasteiger partial charge in [0.1, 0.15) is 5.75 Å². The van der Waals surface area contributed by atoms with Crippen LogP contribution < -0.4 is 10.1 Å². The number of aryl methyl sites for hydroxylation is 1. The zero-order valence-electron chi connectivity index (χ0n) is 16.9. The fraction of sp³-hybridized carbons (Fsp3) is 0.524. The number of aromatic nitrogens is 2. The third-order valence-electron chi connectivity index (χ3n) is 4.35. The Morgan fingerprint density at radius 1 is 1.33 bits per heavy atom. The second kappa shape index (κ2) is 9.79. The van der Waals surface area contributed by atoms with Crippen molar-refractivity contribution >= 4 is 23.2 Å². The minimum absolute atomic E-state index is 0.0611. The molecule has 5 nitrogen and oxygen atoms in total. The average Bonchev–Trinajstić information content (AvgIpc) is 2.85. The van der Waals surface area contributed by atoms with E-state index in [1.165, 1.54) is 0 Å². The Balaban J connectivity index is 2.03. The van der Waals surface area contributed by atoms with E-state index in [0.717, 1.165) is 29.9 Å². The van der Waals surface area contributed by atoms with Crippen molar-refractivity contribution < 1.29 is 9.53 Å². The van der Waals surface area contributed by atoms with E-state index >= 15 is 0 Å². The number of hydrogen-bond acceptors (Lipinski definition) is 3. The van der Waals surface area contributed by atoms with Crippen LogP contribution in [-0.2, 0) is 17.8 Å². The zero-order valence-corrected chi connectivity index (χ0v) is 17.7. The summed E-state index contributed by atoms with van der Waals surface area (Å²) in [6.07, 6.45) is 1.94. The molecule has 0 fully saturated rings. The van der Waals surface area contributed by atoms with Gasteiger partial charge in [0.2, 0.25) is 5.91 Å². The Bertz CT molecular complexity index is 784. The van der Waals surface area contributed by atoms with Crippen LogP contribution in [0.3, 0.4) is 0 Å². The fourth-order valence-corrected chi connectivity index (χ4v) is 3.18. The van der Waals surface area contributed by atoms with Gasteiger partial charge in [0.15, 0.2) is 0 Å². The molecule has 1 aromatic carbocycles. The molecule has 1 amide bonds. The summed E-state index contributed by atoms with van der Waals surface area (Å²) in [7, 11) is 0. The molecule has 148 valence electrons. The summed E-state index contributed by atoms with van der Waals surface area (Å²) >= 11 is 6.08. The number of nitrogens with one attached hydrogen (secondary N) is 1. The maximum absolute atomic E-state index is 12.5. The normalized spacial score (nSPS) is 11.1. The van der Waals surface area contributed by atoms with Crippen LogP contribution in [0.5, 0.6) is 5.75 Å². The van der Waals surface area contributed by atoms with Gasteiger partial charge in [-0.2, -0.15) is 5.10 Å². The van der Waals surface area contributed by atoms with E-state index in [4.69, 9.17) is 16.3 Å². The Hall–Kier alpha value is -2.01. The number of ether oxygens (including phenoxy) is 1. The van der Waals surface area contributed by atoms with Crippen molar-refractivity contribution in [1.29, 1.82) is 0 Å². The molecule has 0 aliphatic heterocycles. The van der Waals surface area contributed by atoms with Crippen LogP contribution in [0.25, 0.3) is 0 Å². The third kappa shape index (κ3) is 5.99. The maximum Gasteiger partial charge on any atom is 0.224 e. The predicted octanol–water partition coefficient (Wildman–Crippen LogP) is 5.17. The van der Waals surface area contributed by atoms with Gasteiger partial charge in [-0.05, 0) is 56.4 Å². The lowest BCUT2D eigenvalue weighted by molar-refractivity contribution is -0.116. The van der Waals surface area contributed by atoms with Gasteiger partial charge in [-0.1, -0.05) is 32.4 Å². The van der Waals surface area contributed by atoms with E-state index < -0.39 is 0 Å². The van der Waals surface area contributed by atoms with Crippen LogP contribution in [0.1, 0.15) is 50.6 Å². The molecule has 0 bridgehead atoms. The molecular weight excluding hydrogens is 362 g/mol. The molecule has 0 aliphatic rings. The number of nitrogens with zero attached hydrogens (tertiary/aromatic N) is 2. The molecule has 2 aromatic rings. The number of amides is 1. The molecule has 0 radical (unpaired) electrons. The molecule has 27 heavy (non-hydrogen) atoms. The zero-order chi connectivity index (χ0) is 20.0. The van der Waals surface area contributed by atoms with Crippen LogP contribution in [0.4, 0.5) is 5.69 Å². The molecule has 1 aromatic heterocycles. The summed E-state index contributed by atoms with van der Waals surface area (Å²) in [6.45, 7) is 11.9. The molecule has 0 spiro atoms. The van der Waals surface area contributed by atoms with E-state index in [2.05, 4.69) is 31.2 Å². The smallest absolute Gasteiger partial charge is 0.224 e. The highest BCUT2D eigenvalue weighted by Gasteiger charge is 2.15. The highest BCUT2D eigenvalue weighted by molar-refractivity contribution is 6.31. The molecule has 0 saturated carbocycles. The standard InChI is InChI=1S/C21H30ClN3O2/c1-6-11-27-20-9-7-17(22)12-19(20)23-21(26)10-8-18-15(4)24-25(16(18)5)13-14(2)3/h7,9,12,14H,6,8,10-11,13H2,1-5H3,(H,23,26). The monoisotopic (exact) mass is 391 g/mol. The van der Waals surface area contributed by atoms with Gasteiger partial charge in [-0.25, -0.2) is 0 Å². The highest BCUT2D eigenvalue weighted by Crippen LogP contribution is 2.28. The van der Waals surface area contributed by atoms with Crippen LogP contribution in [0.2, 0.25) is 5.02 Å². The molecule has 6 heteroatoms. The Kier molecular flexibility index (Phi) is 7.72. The minimum Gasteiger partial charge on any atom is -0.491 e. The van der Waals surface area contributed by atoms with E-state index in [9.17, 15) is 4.79 Å². The lowest BCUT2D eigenvalue weighted by Gasteiger charge is -2.13. The van der Waals surface area contributed by atoms with E-state index in [-0.39, 0.29) is 5.91 Å². The second-order valence-electron chi connectivity index (χ2n) is 7.26. The Morgan fingerprint density at radius 3 is 2.74 bits per heavy atom. The average molecular weight is 392 g/mol. The van der Waals surface area contributed by atoms with Crippen LogP contribution in [0, 0.1) is 19.8 Å². The number of benzene rings is 1. The van der Waals surface area contributed by atoms with Gasteiger partial charge in [0.05, 0.1) is 18.0 Å². The van der Waals surface area contributed by atoms with Gasteiger partial charge in [-0.15, -0.1) is 0 Å². The minimum atomic E-state index is -0.0611. The number of hydrogen-bond donors (Lipinski definition) is 1. The first-order valence-electron chi connectivity index (χ1n) is 9.56. The van der Waals surface area contributed by atoms with Crippen molar-refractivity contribution in [2.45, 2.75) is 60.4 Å². The predicted molar refractivity (Wildman–Crippen MR) is 111 cm³/mol. The lowest BCUT2D eigenvalue weighted by Crippen LogP contribution is -2.14. The van der Waals surface area contributed by atoms with E-state index in [1.807, 2.05) is 18.5 Å². The van der Waals surface area contributed by atoms with Crippen LogP contribution in [0.15, 0.2) is 18.2 Å². The molecule has 2 rings (SSSR count). The number of halogens is 1. The summed E-state index contributed by atoms with van der Waals surface area (Å²) in [5.74, 6) is 1.12. The van der Waals surface area contributed by atoms with Gasteiger partial charge in [-0.3, -0.25) is 9.48 Å². The lowest BCUT2D eigenvalue weighted by atomic mass is 10.1. The Morgan fingerprint density at radius 2 is 2.07 bits per heavy atom. The van der Waals surface area contributed by atoms with Gasteiger partial charge >= 0.3 is 0 Å². The third-order valence-corrected chi connectivity index (χ3v) is 4.58. The van der Waals surface area contributed by atoms with Gasteiger partial charge in [0, 0.05) is 23.7 Å². The number of carbonyl (C=O) groups excluding carboxylic acids is 1. The van der Waals surface area contributed by atoms with E-state index in [0.29, 0.717) is 41.8 Å². The number of rotatable bonds is 9. The van der Waals surface area contributed by atoms with Crippen molar-refractivity contribution in [2.75, 3.05) is 11.9 Å². The molecule has 0 atom stereocenters. The summed E-state index contributed by atoms with van der Waals surface area (Å²) in [5, 5.41) is 8.12. The SMILES string of the molecule is CCCOc1ccc(Cl)cc1NC(=O)CCc1c(C)nn(CC(C)C)c1C. The summed E-state index contributed by atoms with van der Waals surface area (Å²) in [6, 6.07) is 5.28. The highest BCUT2D eigenvalue weighted by atomic mass is 35.5. The summed E-state index contributed by atoms with van der Waals surface area (Å²) in [5.41, 5.74) is 3.91. The van der Waals surface area contributed by atoms with Crippen LogP contribution in [-0.4, -0.2) is 22.3 Å². The first-order chi connectivity index (χ1) is 12.8. The topological polar surface area (TPSA) is 56.1 Å². The number of carbonyl (C=O) groups is 1. The van der Waals surface area contributed by atoms with Gasteiger partial charge < -0.3 is 10.1 Å². The van der Waals surface area contributed by atoms with E-state index in [1.54, 1.807) is 18.2 Å². The maximum atomic E-state index is 12.5. The van der Waals surface area contributed by atoms with Crippen molar-refractivity contribution in [3.63, 3.8) is 0 Å². The van der Waals surface area contributed by atoms with Crippen molar-refractivity contribution in [1.82, 2.24) is 9.78 Å². The molecule has 0 saturated heterocycles. The molecule has 1 N–H and O–H groups in total. The number of anilines is 1. The van der Waals surface area contributed by atoms with Crippen molar-refractivity contribution in [2.24, 2.45) is 5.92 Å². The van der Waals surface area contributed by atoms with Crippen molar-refractivity contribution in [3.8, 4) is 5.75 Å². The summed E-state index contributed by atoms with van der Waals surface area (Å²) in [4.78, 5) is 12.5. The molecule has 0 unspecified atom stereocenters. The molecule has 1 heterocycles. The Labute approximate surface area is 167 Å².